The van der Waals surface area contributed by atoms with Crippen LogP contribution in [0.2, 0.25) is 0 Å². The number of amides is 1. The van der Waals surface area contributed by atoms with E-state index in [1.165, 1.54) is 12.3 Å². The Labute approximate surface area is 113 Å². The highest BCUT2D eigenvalue weighted by Gasteiger charge is 2.19. The Kier molecular flexibility index (Phi) is 4.85. The van der Waals surface area contributed by atoms with Gasteiger partial charge in [0.15, 0.2) is 0 Å². The molecule has 1 aromatic heterocycles. The van der Waals surface area contributed by atoms with Crippen molar-refractivity contribution in [2.75, 3.05) is 19.6 Å². The van der Waals surface area contributed by atoms with Gasteiger partial charge in [-0.3, -0.25) is 9.78 Å². The lowest BCUT2D eigenvalue weighted by Gasteiger charge is -2.19. The van der Waals surface area contributed by atoms with Crippen molar-refractivity contribution in [3.63, 3.8) is 0 Å². The van der Waals surface area contributed by atoms with Crippen LogP contribution >= 0.6 is 0 Å². The average molecular weight is 265 g/mol. The van der Waals surface area contributed by atoms with Gasteiger partial charge in [0.1, 0.15) is 5.82 Å². The molecule has 1 fully saturated rings. The van der Waals surface area contributed by atoms with Gasteiger partial charge in [-0.1, -0.05) is 6.92 Å². The number of rotatable bonds is 5. The van der Waals surface area contributed by atoms with Gasteiger partial charge in [-0.2, -0.15) is 0 Å². The molecule has 1 atom stereocenters. The molecule has 0 bridgehead atoms. The summed E-state index contributed by atoms with van der Waals surface area (Å²) in [5, 5.41) is 3.21. The molecule has 0 spiro atoms. The van der Waals surface area contributed by atoms with E-state index in [1.54, 1.807) is 6.07 Å². The van der Waals surface area contributed by atoms with Gasteiger partial charge in [0.2, 0.25) is 5.91 Å². The fourth-order valence-corrected chi connectivity index (χ4v) is 2.34. The summed E-state index contributed by atoms with van der Waals surface area (Å²) >= 11 is 0. The lowest BCUT2D eigenvalue weighted by atomic mass is 10.1. The van der Waals surface area contributed by atoms with Gasteiger partial charge < -0.3 is 10.2 Å². The minimum atomic E-state index is -0.341. The molecule has 0 aliphatic carbocycles. The van der Waals surface area contributed by atoms with Crippen LogP contribution in [0, 0.1) is 5.82 Å². The van der Waals surface area contributed by atoms with Crippen molar-refractivity contribution < 1.29 is 9.18 Å². The number of halogens is 1. The van der Waals surface area contributed by atoms with E-state index in [4.69, 9.17) is 0 Å². The third-order valence-corrected chi connectivity index (χ3v) is 3.47. The maximum absolute atomic E-state index is 12.8. The molecule has 0 saturated carbocycles. The number of hydrogen-bond acceptors (Lipinski definition) is 3. The molecule has 2 rings (SSSR count). The van der Waals surface area contributed by atoms with Crippen molar-refractivity contribution >= 4 is 5.91 Å². The van der Waals surface area contributed by atoms with Gasteiger partial charge in [-0.05, 0) is 31.4 Å². The van der Waals surface area contributed by atoms with E-state index in [0.29, 0.717) is 6.54 Å². The van der Waals surface area contributed by atoms with Gasteiger partial charge in [-0.25, -0.2) is 4.39 Å². The Morgan fingerprint density at radius 1 is 1.47 bits per heavy atom. The number of nitrogens with one attached hydrogen (secondary N) is 1. The monoisotopic (exact) mass is 265 g/mol. The van der Waals surface area contributed by atoms with E-state index in [-0.39, 0.29) is 17.8 Å². The molecule has 2 heterocycles. The molecule has 0 aromatic carbocycles. The minimum absolute atomic E-state index is 0.00727. The highest BCUT2D eigenvalue weighted by Crippen LogP contribution is 2.14. The van der Waals surface area contributed by atoms with E-state index in [0.717, 1.165) is 38.0 Å². The van der Waals surface area contributed by atoms with Crippen molar-refractivity contribution in [1.29, 1.82) is 0 Å². The predicted molar refractivity (Wildman–Crippen MR) is 71.0 cm³/mol. The second kappa shape index (κ2) is 6.61. The van der Waals surface area contributed by atoms with Crippen molar-refractivity contribution in [1.82, 2.24) is 15.2 Å². The second-order valence-electron chi connectivity index (χ2n) is 4.83. The Hall–Kier alpha value is -1.49. The van der Waals surface area contributed by atoms with E-state index in [2.05, 4.69) is 10.3 Å². The second-order valence-corrected chi connectivity index (χ2v) is 4.83. The fourth-order valence-electron chi connectivity index (χ4n) is 2.34. The van der Waals surface area contributed by atoms with Crippen LogP contribution in [-0.2, 0) is 4.79 Å². The van der Waals surface area contributed by atoms with Crippen molar-refractivity contribution in [2.24, 2.45) is 0 Å². The Morgan fingerprint density at radius 2 is 2.21 bits per heavy atom. The molecule has 1 aliphatic rings. The largest absolute Gasteiger partial charge is 0.342 e. The predicted octanol–water partition coefficient (Wildman–Crippen LogP) is 1.88. The molecule has 1 aromatic rings. The number of nitrogens with zero attached hydrogens (tertiary/aromatic N) is 2. The van der Waals surface area contributed by atoms with Gasteiger partial charge >= 0.3 is 0 Å². The first-order valence-corrected chi connectivity index (χ1v) is 6.83. The molecule has 0 radical (unpaired) electrons. The van der Waals surface area contributed by atoms with Gasteiger partial charge in [0.05, 0.1) is 18.4 Å². The van der Waals surface area contributed by atoms with Crippen LogP contribution in [0.25, 0.3) is 0 Å². The highest BCUT2D eigenvalue weighted by atomic mass is 19.1. The number of aromatic nitrogens is 1. The van der Waals surface area contributed by atoms with Crippen LogP contribution in [-0.4, -0.2) is 35.4 Å². The molecule has 1 saturated heterocycles. The van der Waals surface area contributed by atoms with Crippen LogP contribution in [0.5, 0.6) is 0 Å². The quantitative estimate of drug-likeness (QED) is 0.884. The van der Waals surface area contributed by atoms with E-state index < -0.39 is 0 Å². The van der Waals surface area contributed by atoms with E-state index in [1.807, 2.05) is 11.8 Å². The summed E-state index contributed by atoms with van der Waals surface area (Å²) in [6.07, 6.45) is 4.22. The Balaban J connectivity index is 1.88. The molecular formula is C14H20FN3O. The zero-order valence-corrected chi connectivity index (χ0v) is 11.2. The maximum atomic E-state index is 12.8. The highest BCUT2D eigenvalue weighted by molar-refractivity contribution is 5.78. The lowest BCUT2D eigenvalue weighted by molar-refractivity contribution is -0.129. The fraction of sp³-hybridized carbons (Fsp3) is 0.571. The first-order valence-electron chi connectivity index (χ1n) is 6.83. The number of carbonyl (C=O) groups excluding carboxylic acids is 1. The summed E-state index contributed by atoms with van der Waals surface area (Å²) in [5.74, 6) is -0.204. The molecule has 4 nitrogen and oxygen atoms in total. The van der Waals surface area contributed by atoms with Crippen LogP contribution in [0.1, 0.15) is 37.9 Å². The van der Waals surface area contributed by atoms with E-state index in [9.17, 15) is 9.18 Å². The Morgan fingerprint density at radius 3 is 2.79 bits per heavy atom. The molecule has 1 amide bonds. The summed E-state index contributed by atoms with van der Waals surface area (Å²) in [6.45, 7) is 4.07. The summed E-state index contributed by atoms with van der Waals surface area (Å²) in [7, 11) is 0. The molecule has 1 N–H and O–H groups in total. The van der Waals surface area contributed by atoms with Crippen molar-refractivity contribution in [3.8, 4) is 0 Å². The third kappa shape index (κ3) is 3.73. The molecule has 1 aliphatic heterocycles. The average Bonchev–Trinajstić information content (AvgIpc) is 2.95. The van der Waals surface area contributed by atoms with Gasteiger partial charge in [0.25, 0.3) is 0 Å². The number of likely N-dealkylation sites (tertiary alicyclic amines) is 1. The molecule has 1 unspecified atom stereocenters. The molecule has 19 heavy (non-hydrogen) atoms. The van der Waals surface area contributed by atoms with Gasteiger partial charge in [0, 0.05) is 19.1 Å². The SMILES string of the molecule is CCC(NCC(=O)N1CCCC1)c1ccc(F)cn1. The molecule has 5 heteroatoms. The topological polar surface area (TPSA) is 45.2 Å². The van der Waals surface area contributed by atoms with Crippen molar-refractivity contribution in [2.45, 2.75) is 32.2 Å². The zero-order valence-electron chi connectivity index (χ0n) is 11.2. The van der Waals surface area contributed by atoms with Crippen LogP contribution in [0.15, 0.2) is 18.3 Å². The minimum Gasteiger partial charge on any atom is -0.342 e. The summed E-state index contributed by atoms with van der Waals surface area (Å²) in [5.41, 5.74) is 0.776. The maximum Gasteiger partial charge on any atom is 0.236 e. The summed E-state index contributed by atoms with van der Waals surface area (Å²) < 4.78 is 12.8. The first kappa shape index (κ1) is 13.9. The normalized spacial score (nSPS) is 16.6. The van der Waals surface area contributed by atoms with Crippen LogP contribution in [0.4, 0.5) is 4.39 Å². The summed E-state index contributed by atoms with van der Waals surface area (Å²) in [4.78, 5) is 17.9. The third-order valence-electron chi connectivity index (χ3n) is 3.47. The smallest absolute Gasteiger partial charge is 0.236 e. The zero-order chi connectivity index (χ0) is 13.7. The van der Waals surface area contributed by atoms with E-state index >= 15 is 0 Å². The van der Waals surface area contributed by atoms with Crippen LogP contribution < -0.4 is 5.32 Å². The lowest BCUT2D eigenvalue weighted by Crippen LogP contribution is -2.37. The Bertz CT molecular complexity index is 415. The summed E-state index contributed by atoms with van der Waals surface area (Å²) in [6, 6.07) is 3.05. The number of pyridine rings is 1. The standard InChI is InChI=1S/C14H20FN3O/c1-2-12(13-6-5-11(15)9-16-13)17-10-14(19)18-7-3-4-8-18/h5-6,9,12,17H,2-4,7-8,10H2,1H3. The molecular weight excluding hydrogens is 245 g/mol. The molecule has 104 valence electrons. The first-order chi connectivity index (χ1) is 9.20. The van der Waals surface area contributed by atoms with Crippen LogP contribution in [0.3, 0.4) is 0 Å². The number of carbonyl (C=O) groups is 1. The van der Waals surface area contributed by atoms with Crippen molar-refractivity contribution in [3.05, 3.63) is 29.8 Å². The number of hydrogen-bond donors (Lipinski definition) is 1. The van der Waals surface area contributed by atoms with Gasteiger partial charge in [-0.15, -0.1) is 0 Å².